The zero-order valence-corrected chi connectivity index (χ0v) is 12.6. The molecule has 3 heteroatoms. The predicted octanol–water partition coefficient (Wildman–Crippen LogP) is 2.77. The molecule has 0 aliphatic carbocycles. The quantitative estimate of drug-likeness (QED) is 0.895. The monoisotopic (exact) mass is 271 g/mol. The number of piperidine rings is 1. The van der Waals surface area contributed by atoms with E-state index in [1.165, 1.54) is 31.5 Å². The van der Waals surface area contributed by atoms with Crippen molar-refractivity contribution in [2.75, 3.05) is 19.6 Å². The molecular weight excluding hydrogens is 246 g/mol. The van der Waals surface area contributed by atoms with Crippen molar-refractivity contribution >= 4 is 0 Å². The van der Waals surface area contributed by atoms with E-state index in [1.54, 1.807) is 0 Å². The molecule has 3 nitrogen and oxygen atoms in total. The molecule has 1 heterocycles. The summed E-state index contributed by atoms with van der Waals surface area (Å²) in [6, 6.07) is 10.8. The summed E-state index contributed by atoms with van der Waals surface area (Å²) in [6.07, 6.45) is 2.55. The zero-order valence-electron chi connectivity index (χ0n) is 12.6. The van der Waals surface area contributed by atoms with Crippen molar-refractivity contribution in [2.24, 2.45) is 5.92 Å². The van der Waals surface area contributed by atoms with Gasteiger partial charge < -0.3 is 5.32 Å². The van der Waals surface area contributed by atoms with Crippen molar-refractivity contribution in [2.45, 2.75) is 39.3 Å². The summed E-state index contributed by atoms with van der Waals surface area (Å²) >= 11 is 0. The molecule has 0 atom stereocenters. The lowest BCUT2D eigenvalue weighted by atomic mass is 9.96. The highest BCUT2D eigenvalue weighted by Crippen LogP contribution is 2.19. The summed E-state index contributed by atoms with van der Waals surface area (Å²) in [5.41, 5.74) is 2.02. The first-order valence-electron chi connectivity index (χ1n) is 7.62. The molecule has 0 aromatic heterocycles. The minimum absolute atomic E-state index is 0.585. The van der Waals surface area contributed by atoms with Gasteiger partial charge in [0.15, 0.2) is 0 Å². The lowest BCUT2D eigenvalue weighted by Gasteiger charge is -2.32. The third kappa shape index (κ3) is 4.63. The number of benzene rings is 1. The van der Waals surface area contributed by atoms with Gasteiger partial charge in [0.2, 0.25) is 0 Å². The van der Waals surface area contributed by atoms with Gasteiger partial charge in [0.1, 0.15) is 0 Å². The van der Waals surface area contributed by atoms with E-state index in [2.05, 4.69) is 36.2 Å². The summed E-state index contributed by atoms with van der Waals surface area (Å²) in [5, 5.41) is 12.5. The maximum Gasteiger partial charge on any atom is 0.0991 e. The Morgan fingerprint density at radius 1 is 1.35 bits per heavy atom. The Hall–Kier alpha value is -1.37. The highest BCUT2D eigenvalue weighted by atomic mass is 15.1. The third-order valence-corrected chi connectivity index (χ3v) is 3.98. The maximum atomic E-state index is 8.94. The van der Waals surface area contributed by atoms with Gasteiger partial charge in [-0.1, -0.05) is 26.0 Å². The Morgan fingerprint density at radius 2 is 2.10 bits per heavy atom. The minimum atomic E-state index is 0.585. The highest BCUT2D eigenvalue weighted by molar-refractivity contribution is 5.32. The molecule has 2 rings (SSSR count). The lowest BCUT2D eigenvalue weighted by molar-refractivity contribution is 0.174. The average molecular weight is 271 g/mol. The van der Waals surface area contributed by atoms with Crippen LogP contribution in [0.25, 0.3) is 0 Å². The van der Waals surface area contributed by atoms with Crippen molar-refractivity contribution in [3.05, 3.63) is 35.4 Å². The molecule has 1 aromatic rings. The van der Waals surface area contributed by atoms with E-state index in [0.717, 1.165) is 24.6 Å². The SMILES string of the molecule is CC(C)NCC1CCN(Cc2cccc(C#N)c2)CC1. The smallest absolute Gasteiger partial charge is 0.0991 e. The van der Waals surface area contributed by atoms with Crippen molar-refractivity contribution in [3.8, 4) is 6.07 Å². The summed E-state index contributed by atoms with van der Waals surface area (Å²) in [6.45, 7) is 8.87. The van der Waals surface area contributed by atoms with Crippen LogP contribution < -0.4 is 5.32 Å². The lowest BCUT2D eigenvalue weighted by Crippen LogP contribution is -2.38. The molecule has 108 valence electrons. The van der Waals surface area contributed by atoms with Crippen LogP contribution in [-0.2, 0) is 6.54 Å². The number of nitriles is 1. The van der Waals surface area contributed by atoms with E-state index in [4.69, 9.17) is 5.26 Å². The molecule has 0 amide bonds. The number of likely N-dealkylation sites (tertiary alicyclic amines) is 1. The predicted molar refractivity (Wildman–Crippen MR) is 82.3 cm³/mol. The highest BCUT2D eigenvalue weighted by Gasteiger charge is 2.19. The van der Waals surface area contributed by atoms with Crippen LogP contribution in [0.5, 0.6) is 0 Å². The van der Waals surface area contributed by atoms with Crippen LogP contribution in [0.3, 0.4) is 0 Å². The Bertz CT molecular complexity index is 454. The Morgan fingerprint density at radius 3 is 2.75 bits per heavy atom. The average Bonchev–Trinajstić information content (AvgIpc) is 2.47. The van der Waals surface area contributed by atoms with Gasteiger partial charge in [0.05, 0.1) is 11.6 Å². The van der Waals surface area contributed by atoms with Gasteiger partial charge in [-0.3, -0.25) is 4.90 Å². The largest absolute Gasteiger partial charge is 0.314 e. The van der Waals surface area contributed by atoms with E-state index in [-0.39, 0.29) is 0 Å². The Kier molecular flexibility index (Phi) is 5.58. The molecule has 1 saturated heterocycles. The van der Waals surface area contributed by atoms with Crippen molar-refractivity contribution in [1.29, 1.82) is 5.26 Å². The molecule has 1 N–H and O–H groups in total. The molecule has 1 aliphatic rings. The maximum absolute atomic E-state index is 8.94. The molecular formula is C17H25N3. The van der Waals surface area contributed by atoms with Crippen LogP contribution in [0.2, 0.25) is 0 Å². The number of hydrogen-bond acceptors (Lipinski definition) is 3. The Labute approximate surface area is 122 Å². The normalized spacial score (nSPS) is 17.3. The van der Waals surface area contributed by atoms with Crippen LogP contribution >= 0.6 is 0 Å². The van der Waals surface area contributed by atoms with Crippen LogP contribution in [-0.4, -0.2) is 30.6 Å². The van der Waals surface area contributed by atoms with Crippen LogP contribution in [0.1, 0.15) is 37.8 Å². The molecule has 1 fully saturated rings. The van der Waals surface area contributed by atoms with Gasteiger partial charge in [-0.25, -0.2) is 0 Å². The van der Waals surface area contributed by atoms with Crippen molar-refractivity contribution in [1.82, 2.24) is 10.2 Å². The molecule has 0 radical (unpaired) electrons. The molecule has 0 unspecified atom stereocenters. The van der Waals surface area contributed by atoms with Crippen LogP contribution in [0.15, 0.2) is 24.3 Å². The molecule has 0 bridgehead atoms. The minimum Gasteiger partial charge on any atom is -0.314 e. The number of hydrogen-bond donors (Lipinski definition) is 1. The fraction of sp³-hybridized carbons (Fsp3) is 0.588. The second kappa shape index (κ2) is 7.42. The molecule has 1 aromatic carbocycles. The topological polar surface area (TPSA) is 39.1 Å². The second-order valence-electron chi connectivity index (χ2n) is 6.09. The summed E-state index contributed by atoms with van der Waals surface area (Å²) in [5.74, 6) is 0.819. The number of nitrogens with zero attached hydrogens (tertiary/aromatic N) is 2. The van der Waals surface area contributed by atoms with E-state index < -0.39 is 0 Å². The van der Waals surface area contributed by atoms with Gasteiger partial charge >= 0.3 is 0 Å². The fourth-order valence-electron chi connectivity index (χ4n) is 2.75. The first kappa shape index (κ1) is 15.0. The van der Waals surface area contributed by atoms with Gasteiger partial charge in [-0.05, 0) is 56.1 Å². The fourth-order valence-corrected chi connectivity index (χ4v) is 2.75. The molecule has 1 aliphatic heterocycles. The van der Waals surface area contributed by atoms with Gasteiger partial charge in [-0.2, -0.15) is 5.26 Å². The second-order valence-corrected chi connectivity index (χ2v) is 6.09. The summed E-state index contributed by atoms with van der Waals surface area (Å²) in [4.78, 5) is 2.50. The number of rotatable bonds is 5. The summed E-state index contributed by atoms with van der Waals surface area (Å²) < 4.78 is 0. The van der Waals surface area contributed by atoms with Crippen LogP contribution in [0, 0.1) is 17.2 Å². The molecule has 0 saturated carbocycles. The zero-order chi connectivity index (χ0) is 14.4. The van der Waals surface area contributed by atoms with Crippen molar-refractivity contribution in [3.63, 3.8) is 0 Å². The van der Waals surface area contributed by atoms with Gasteiger partial charge in [-0.15, -0.1) is 0 Å². The van der Waals surface area contributed by atoms with Gasteiger partial charge in [0.25, 0.3) is 0 Å². The standard InChI is InChI=1S/C17H25N3/c1-14(2)19-12-15-6-8-20(9-7-15)13-17-5-3-4-16(10-17)11-18/h3-5,10,14-15,19H,6-9,12-13H2,1-2H3. The van der Waals surface area contributed by atoms with E-state index in [9.17, 15) is 0 Å². The van der Waals surface area contributed by atoms with Crippen molar-refractivity contribution < 1.29 is 0 Å². The molecule has 20 heavy (non-hydrogen) atoms. The summed E-state index contributed by atoms with van der Waals surface area (Å²) in [7, 11) is 0. The third-order valence-electron chi connectivity index (χ3n) is 3.98. The van der Waals surface area contributed by atoms with Gasteiger partial charge in [0, 0.05) is 12.6 Å². The van der Waals surface area contributed by atoms with E-state index in [0.29, 0.717) is 6.04 Å². The molecule has 0 spiro atoms. The van der Waals surface area contributed by atoms with E-state index in [1.807, 2.05) is 18.2 Å². The van der Waals surface area contributed by atoms with E-state index >= 15 is 0 Å². The number of nitrogens with one attached hydrogen (secondary N) is 1. The first-order valence-corrected chi connectivity index (χ1v) is 7.62. The Balaban J connectivity index is 1.78. The first-order chi connectivity index (χ1) is 9.67. The van der Waals surface area contributed by atoms with Crippen LogP contribution in [0.4, 0.5) is 0 Å².